The third-order valence-electron chi connectivity index (χ3n) is 7.04. The molecule has 3 rings (SSSR count). The lowest BCUT2D eigenvalue weighted by atomic mass is 9.80. The van der Waals surface area contributed by atoms with Crippen LogP contribution in [0.15, 0.2) is 0 Å². The second kappa shape index (κ2) is 10.9. The monoisotopic (exact) mass is 462 g/mol. The second-order valence-corrected chi connectivity index (χ2v) is 9.72. The van der Waals surface area contributed by atoms with Crippen molar-refractivity contribution < 1.29 is 34.3 Å². The van der Waals surface area contributed by atoms with Crippen molar-refractivity contribution in [2.75, 3.05) is 20.2 Å². The highest BCUT2D eigenvalue weighted by Crippen LogP contribution is 2.35. The van der Waals surface area contributed by atoms with Crippen LogP contribution >= 0.6 is 0 Å². The smallest absolute Gasteiger partial charge is 0.184 e. The van der Waals surface area contributed by atoms with E-state index in [1.165, 1.54) is 0 Å². The Bertz CT molecular complexity index is 600. The van der Waals surface area contributed by atoms with Crippen molar-refractivity contribution in [1.29, 1.82) is 0 Å². The molecule has 11 heteroatoms. The lowest BCUT2D eigenvalue weighted by molar-refractivity contribution is -0.315. The van der Waals surface area contributed by atoms with Crippen LogP contribution in [0.25, 0.3) is 0 Å². The fourth-order valence-electron chi connectivity index (χ4n) is 5.15. The average Bonchev–Trinajstić information content (AvgIpc) is 2.72. The lowest BCUT2D eigenvalue weighted by Gasteiger charge is -2.48. The van der Waals surface area contributed by atoms with Crippen molar-refractivity contribution >= 4 is 0 Å². The van der Waals surface area contributed by atoms with Crippen LogP contribution in [0.4, 0.5) is 0 Å². The van der Waals surface area contributed by atoms with Gasteiger partial charge < -0.3 is 56.8 Å². The molecule has 0 unspecified atom stereocenters. The minimum Gasteiger partial charge on any atom is -0.388 e. The largest absolute Gasteiger partial charge is 0.388 e. The number of nitrogens with two attached hydrogens (primary N) is 3. The van der Waals surface area contributed by atoms with E-state index in [1.54, 1.807) is 6.92 Å². The van der Waals surface area contributed by atoms with E-state index in [0.717, 1.165) is 12.8 Å². The van der Waals surface area contributed by atoms with Crippen molar-refractivity contribution in [2.24, 2.45) is 23.1 Å². The van der Waals surface area contributed by atoms with Crippen molar-refractivity contribution in [2.45, 2.75) is 106 Å². The zero-order valence-corrected chi connectivity index (χ0v) is 19.3. The molecule has 0 aromatic rings. The summed E-state index contributed by atoms with van der Waals surface area (Å²) in [5.74, 6) is -0.440. The molecule has 2 heterocycles. The van der Waals surface area contributed by atoms with Crippen LogP contribution in [0.3, 0.4) is 0 Å². The maximum atomic E-state index is 11.1. The molecule has 1 aliphatic carbocycles. The van der Waals surface area contributed by atoms with Crippen LogP contribution in [0, 0.1) is 5.92 Å². The van der Waals surface area contributed by atoms with Gasteiger partial charge in [0.2, 0.25) is 0 Å². The molecule has 0 bridgehead atoms. The Kier molecular flexibility index (Phi) is 8.89. The molecule has 0 radical (unpaired) electrons. The SMILES string of the molecule is CC[C@@H]1[C@@H](O)[C@@H](O[C@@H]2[C@@H](O)[C@H](O[C@@H]3O[C@H](CNC)CC[C@H]3N)[C@@H](N)C[C@H]2N)OC[C@]1(C)O. The molecule has 0 spiro atoms. The first-order chi connectivity index (χ1) is 15.1. The third-order valence-corrected chi connectivity index (χ3v) is 7.04. The third kappa shape index (κ3) is 5.61. The summed E-state index contributed by atoms with van der Waals surface area (Å²) in [5.41, 5.74) is 17.6. The Balaban J connectivity index is 1.67. The maximum Gasteiger partial charge on any atom is 0.184 e. The molecule has 12 atom stereocenters. The van der Waals surface area contributed by atoms with E-state index in [9.17, 15) is 15.3 Å². The van der Waals surface area contributed by atoms with Gasteiger partial charge in [0.05, 0.1) is 24.4 Å². The highest BCUT2D eigenvalue weighted by molar-refractivity contribution is 5.00. The zero-order valence-electron chi connectivity index (χ0n) is 19.3. The summed E-state index contributed by atoms with van der Waals surface area (Å²) in [4.78, 5) is 0. The van der Waals surface area contributed by atoms with Crippen LogP contribution in [0.2, 0.25) is 0 Å². The van der Waals surface area contributed by atoms with E-state index in [0.29, 0.717) is 19.4 Å². The predicted octanol–water partition coefficient (Wildman–Crippen LogP) is -2.28. The highest BCUT2D eigenvalue weighted by atomic mass is 16.7. The Morgan fingerprint density at radius 3 is 2.22 bits per heavy atom. The molecule has 2 aliphatic heterocycles. The predicted molar refractivity (Wildman–Crippen MR) is 116 cm³/mol. The van der Waals surface area contributed by atoms with E-state index < -0.39 is 60.6 Å². The molecule has 3 aliphatic rings. The van der Waals surface area contributed by atoms with Crippen LogP contribution < -0.4 is 22.5 Å². The van der Waals surface area contributed by atoms with Crippen molar-refractivity contribution in [3.8, 4) is 0 Å². The van der Waals surface area contributed by atoms with Gasteiger partial charge in [0.15, 0.2) is 12.6 Å². The maximum absolute atomic E-state index is 11.1. The Hall–Kier alpha value is -0.440. The minimum atomic E-state index is -1.17. The number of likely N-dealkylation sites (N-methyl/N-ethyl adjacent to an activating group) is 1. The molecule has 0 aromatic carbocycles. The van der Waals surface area contributed by atoms with E-state index in [-0.39, 0.29) is 18.8 Å². The normalized spacial score (nSPS) is 50.3. The van der Waals surface area contributed by atoms with Gasteiger partial charge in [-0.1, -0.05) is 6.92 Å². The quantitative estimate of drug-likeness (QED) is 0.216. The van der Waals surface area contributed by atoms with Crippen LogP contribution in [0.1, 0.15) is 39.5 Å². The van der Waals surface area contributed by atoms with Gasteiger partial charge in [-0.25, -0.2) is 0 Å². The number of hydrogen-bond acceptors (Lipinski definition) is 11. The molecule has 1 saturated carbocycles. The number of nitrogens with one attached hydrogen (secondary N) is 1. The first-order valence-electron chi connectivity index (χ1n) is 11.7. The summed E-state index contributed by atoms with van der Waals surface area (Å²) in [6, 6.07) is -1.47. The van der Waals surface area contributed by atoms with Gasteiger partial charge in [-0.3, -0.25) is 0 Å². The fourth-order valence-corrected chi connectivity index (χ4v) is 5.15. The molecule has 32 heavy (non-hydrogen) atoms. The standard InChI is InChI=1S/C21H42N4O7/c1-4-11-15(26)20(29-9-21(11,2)28)32-18-14(24)7-13(23)17(16(18)27)31-19-12(22)6-5-10(30-19)8-25-3/h10-20,25-28H,4-9,22-24H2,1-3H3/t10-,11+,12+,13-,14+,15+,16-,17+,18-,19-,20+,21-/m0/s1. The number of rotatable bonds is 7. The first-order valence-corrected chi connectivity index (χ1v) is 11.7. The summed E-state index contributed by atoms with van der Waals surface area (Å²) in [7, 11) is 1.85. The summed E-state index contributed by atoms with van der Waals surface area (Å²) in [5, 5.41) is 35.4. The minimum absolute atomic E-state index is 0.00233. The van der Waals surface area contributed by atoms with Crippen molar-refractivity contribution in [3.05, 3.63) is 0 Å². The van der Waals surface area contributed by atoms with Gasteiger partial charge in [0.25, 0.3) is 0 Å². The topological polar surface area (TPSA) is 188 Å². The number of ether oxygens (including phenoxy) is 4. The van der Waals surface area contributed by atoms with E-state index in [2.05, 4.69) is 5.32 Å². The summed E-state index contributed by atoms with van der Waals surface area (Å²) in [6.45, 7) is 4.17. The van der Waals surface area contributed by atoms with Crippen molar-refractivity contribution in [1.82, 2.24) is 5.32 Å². The van der Waals surface area contributed by atoms with Gasteiger partial charge >= 0.3 is 0 Å². The lowest BCUT2D eigenvalue weighted by Crippen LogP contribution is -2.66. The van der Waals surface area contributed by atoms with Crippen molar-refractivity contribution in [3.63, 3.8) is 0 Å². The summed E-state index contributed by atoms with van der Waals surface area (Å²) in [6.07, 6.45) is -3.30. The molecular weight excluding hydrogens is 420 g/mol. The van der Waals surface area contributed by atoms with Gasteiger partial charge in [0, 0.05) is 24.5 Å². The Labute approximate surface area is 189 Å². The molecule has 0 aromatic heterocycles. The summed E-state index contributed by atoms with van der Waals surface area (Å²) >= 11 is 0. The molecule has 0 amide bonds. The van der Waals surface area contributed by atoms with Gasteiger partial charge in [-0.15, -0.1) is 0 Å². The zero-order chi connectivity index (χ0) is 23.6. The van der Waals surface area contributed by atoms with Gasteiger partial charge in [0.1, 0.15) is 24.4 Å². The van der Waals surface area contributed by atoms with E-state index in [1.807, 2.05) is 14.0 Å². The van der Waals surface area contributed by atoms with E-state index >= 15 is 0 Å². The molecular formula is C21H42N4O7. The van der Waals surface area contributed by atoms with E-state index in [4.69, 9.17) is 36.1 Å². The average molecular weight is 463 g/mol. The Morgan fingerprint density at radius 2 is 1.62 bits per heavy atom. The second-order valence-electron chi connectivity index (χ2n) is 9.72. The van der Waals surface area contributed by atoms with Crippen LogP contribution in [-0.2, 0) is 18.9 Å². The van der Waals surface area contributed by atoms with Gasteiger partial charge in [-0.05, 0) is 39.7 Å². The van der Waals surface area contributed by atoms with Crippen LogP contribution in [0.5, 0.6) is 0 Å². The molecule has 10 N–H and O–H groups in total. The molecule has 188 valence electrons. The number of hydrogen-bond donors (Lipinski definition) is 7. The fraction of sp³-hybridized carbons (Fsp3) is 1.00. The number of aliphatic hydroxyl groups is 3. The highest BCUT2D eigenvalue weighted by Gasteiger charge is 2.50. The summed E-state index contributed by atoms with van der Waals surface area (Å²) < 4.78 is 23.6. The van der Waals surface area contributed by atoms with Gasteiger partial charge in [-0.2, -0.15) is 0 Å². The number of aliphatic hydroxyl groups excluding tert-OH is 2. The van der Waals surface area contributed by atoms with Crippen LogP contribution in [-0.4, -0.2) is 102 Å². The first kappa shape index (κ1) is 26.2. The molecule has 3 fully saturated rings. The Morgan fingerprint density at radius 1 is 1.00 bits per heavy atom. The molecule has 11 nitrogen and oxygen atoms in total. The molecule has 2 saturated heterocycles.